The smallest absolute Gasteiger partial charge is 0.111 e. The van der Waals surface area contributed by atoms with E-state index in [1.165, 1.54) is 50.2 Å². The zero-order valence-corrected chi connectivity index (χ0v) is 13.2. The van der Waals surface area contributed by atoms with E-state index < -0.39 is 0 Å². The maximum absolute atomic E-state index is 4.55. The first-order chi connectivity index (χ1) is 10.9. The van der Waals surface area contributed by atoms with Crippen LogP contribution < -0.4 is 0 Å². The van der Waals surface area contributed by atoms with Gasteiger partial charge in [-0.15, -0.1) is 0 Å². The molecule has 1 aromatic carbocycles. The molecule has 2 heterocycles. The maximum Gasteiger partial charge on any atom is 0.111 e. The first-order valence-corrected chi connectivity index (χ1v) is 8.66. The van der Waals surface area contributed by atoms with Gasteiger partial charge in [-0.2, -0.15) is 0 Å². The first-order valence-electron chi connectivity index (χ1n) is 8.66. The number of nitrogens with zero attached hydrogens (tertiary/aromatic N) is 3. The molecule has 116 valence electrons. The van der Waals surface area contributed by atoms with Crippen molar-refractivity contribution in [1.82, 2.24) is 14.5 Å². The standard InChI is InChI=1S/C19H25N3/c1-2-4-16(5-3-1)14-21-11-8-17(15-21)9-12-22-13-10-20-19(22)18-6-7-18/h1-5,10,13,17-18H,6-9,11-12,14-15H2. The Hall–Kier alpha value is -1.61. The summed E-state index contributed by atoms with van der Waals surface area (Å²) in [5.74, 6) is 2.94. The lowest BCUT2D eigenvalue weighted by molar-refractivity contribution is 0.310. The van der Waals surface area contributed by atoms with Crippen LogP contribution in [0.1, 0.15) is 43.0 Å². The van der Waals surface area contributed by atoms with Gasteiger partial charge < -0.3 is 4.57 Å². The molecule has 0 N–H and O–H groups in total. The second-order valence-corrected chi connectivity index (χ2v) is 6.92. The van der Waals surface area contributed by atoms with Gasteiger partial charge >= 0.3 is 0 Å². The Labute approximate surface area is 133 Å². The predicted octanol–water partition coefficient (Wildman–Crippen LogP) is 3.67. The molecule has 22 heavy (non-hydrogen) atoms. The van der Waals surface area contributed by atoms with Crippen molar-refractivity contribution in [3.05, 3.63) is 54.1 Å². The van der Waals surface area contributed by atoms with Crippen molar-refractivity contribution in [3.63, 3.8) is 0 Å². The fraction of sp³-hybridized carbons (Fsp3) is 0.526. The lowest BCUT2D eigenvalue weighted by Gasteiger charge is -2.16. The van der Waals surface area contributed by atoms with Crippen LogP contribution in [0.4, 0.5) is 0 Å². The molecular formula is C19H25N3. The maximum atomic E-state index is 4.55. The summed E-state index contributed by atoms with van der Waals surface area (Å²) >= 11 is 0. The molecule has 0 radical (unpaired) electrons. The highest BCUT2D eigenvalue weighted by Crippen LogP contribution is 2.39. The number of aromatic nitrogens is 2. The highest BCUT2D eigenvalue weighted by molar-refractivity contribution is 5.14. The van der Waals surface area contributed by atoms with Crippen LogP contribution >= 0.6 is 0 Å². The number of hydrogen-bond acceptors (Lipinski definition) is 2. The molecule has 2 fully saturated rings. The van der Waals surface area contributed by atoms with Gasteiger partial charge in [0, 0.05) is 37.9 Å². The van der Waals surface area contributed by atoms with E-state index in [9.17, 15) is 0 Å². The average Bonchev–Trinajstić information content (AvgIpc) is 3.11. The summed E-state index contributed by atoms with van der Waals surface area (Å²) in [6.07, 6.45) is 9.46. The van der Waals surface area contributed by atoms with Gasteiger partial charge in [-0.05, 0) is 43.7 Å². The summed E-state index contributed by atoms with van der Waals surface area (Å²) in [4.78, 5) is 7.15. The van der Waals surface area contributed by atoms with Gasteiger partial charge in [0.2, 0.25) is 0 Å². The van der Waals surface area contributed by atoms with Gasteiger partial charge in [-0.25, -0.2) is 4.98 Å². The summed E-state index contributed by atoms with van der Waals surface area (Å²) < 4.78 is 2.40. The second kappa shape index (κ2) is 6.25. The summed E-state index contributed by atoms with van der Waals surface area (Å²) in [5.41, 5.74) is 1.44. The molecule has 0 amide bonds. The minimum atomic E-state index is 0.758. The van der Waals surface area contributed by atoms with Crippen molar-refractivity contribution in [3.8, 4) is 0 Å². The minimum absolute atomic E-state index is 0.758. The molecule has 1 aromatic heterocycles. The van der Waals surface area contributed by atoms with E-state index in [1.54, 1.807) is 0 Å². The Morgan fingerprint density at radius 1 is 1.09 bits per heavy atom. The monoisotopic (exact) mass is 295 g/mol. The van der Waals surface area contributed by atoms with Crippen molar-refractivity contribution in [2.24, 2.45) is 5.92 Å². The summed E-state index contributed by atoms with van der Waals surface area (Å²) in [6.45, 7) is 4.76. The van der Waals surface area contributed by atoms with Gasteiger partial charge in [-0.3, -0.25) is 4.90 Å². The second-order valence-electron chi connectivity index (χ2n) is 6.92. The summed E-state index contributed by atoms with van der Waals surface area (Å²) in [7, 11) is 0. The topological polar surface area (TPSA) is 21.1 Å². The number of imidazole rings is 1. The zero-order valence-electron chi connectivity index (χ0n) is 13.2. The largest absolute Gasteiger partial charge is 0.335 e. The van der Waals surface area contributed by atoms with E-state index in [0.29, 0.717) is 0 Å². The van der Waals surface area contributed by atoms with Crippen LogP contribution in [0, 0.1) is 5.92 Å². The Morgan fingerprint density at radius 2 is 1.95 bits per heavy atom. The van der Waals surface area contributed by atoms with Gasteiger partial charge in [-0.1, -0.05) is 30.3 Å². The summed E-state index contributed by atoms with van der Waals surface area (Å²) in [6, 6.07) is 10.9. The molecular weight excluding hydrogens is 270 g/mol. The van der Waals surface area contributed by atoms with E-state index in [2.05, 4.69) is 51.0 Å². The van der Waals surface area contributed by atoms with Crippen LogP contribution in [-0.2, 0) is 13.1 Å². The lowest BCUT2D eigenvalue weighted by Crippen LogP contribution is -2.20. The molecule has 1 unspecified atom stereocenters. The van der Waals surface area contributed by atoms with E-state index in [4.69, 9.17) is 0 Å². The lowest BCUT2D eigenvalue weighted by atomic mass is 10.1. The van der Waals surface area contributed by atoms with Crippen molar-refractivity contribution in [1.29, 1.82) is 0 Å². The fourth-order valence-corrected chi connectivity index (χ4v) is 3.67. The molecule has 2 aliphatic rings. The van der Waals surface area contributed by atoms with Crippen molar-refractivity contribution in [2.75, 3.05) is 13.1 Å². The molecule has 2 aromatic rings. The molecule has 4 rings (SSSR count). The normalized spacial score (nSPS) is 22.3. The Morgan fingerprint density at radius 3 is 2.77 bits per heavy atom. The van der Waals surface area contributed by atoms with E-state index in [1.807, 2.05) is 6.20 Å². The van der Waals surface area contributed by atoms with Gasteiger partial charge in [0.25, 0.3) is 0 Å². The third-order valence-electron chi connectivity index (χ3n) is 5.09. The van der Waals surface area contributed by atoms with Crippen LogP contribution in [0.2, 0.25) is 0 Å². The number of aryl methyl sites for hydroxylation is 1. The van der Waals surface area contributed by atoms with Gasteiger partial charge in [0.1, 0.15) is 5.82 Å². The molecule has 3 heteroatoms. The Balaban J connectivity index is 1.27. The zero-order chi connectivity index (χ0) is 14.8. The van der Waals surface area contributed by atoms with E-state index in [-0.39, 0.29) is 0 Å². The fourth-order valence-electron chi connectivity index (χ4n) is 3.67. The van der Waals surface area contributed by atoms with E-state index in [0.717, 1.165) is 24.9 Å². The van der Waals surface area contributed by atoms with Crippen LogP contribution in [0.25, 0.3) is 0 Å². The third-order valence-corrected chi connectivity index (χ3v) is 5.09. The van der Waals surface area contributed by atoms with Crippen LogP contribution in [0.5, 0.6) is 0 Å². The van der Waals surface area contributed by atoms with E-state index >= 15 is 0 Å². The SMILES string of the molecule is c1ccc(CN2CCC(CCn3ccnc3C3CC3)C2)cc1. The summed E-state index contributed by atoms with van der Waals surface area (Å²) in [5, 5.41) is 0. The minimum Gasteiger partial charge on any atom is -0.335 e. The molecule has 0 bridgehead atoms. The van der Waals surface area contributed by atoms with Crippen LogP contribution in [0.3, 0.4) is 0 Å². The molecule has 1 saturated heterocycles. The van der Waals surface area contributed by atoms with Crippen molar-refractivity contribution < 1.29 is 0 Å². The van der Waals surface area contributed by atoms with Crippen molar-refractivity contribution in [2.45, 2.75) is 44.7 Å². The highest BCUT2D eigenvalue weighted by atomic mass is 15.1. The molecule has 1 atom stereocenters. The Kier molecular flexibility index (Phi) is 3.98. The molecule has 1 aliphatic carbocycles. The van der Waals surface area contributed by atoms with Gasteiger partial charge in [0.05, 0.1) is 0 Å². The van der Waals surface area contributed by atoms with Crippen LogP contribution in [0.15, 0.2) is 42.7 Å². The highest BCUT2D eigenvalue weighted by Gasteiger charge is 2.28. The number of benzene rings is 1. The number of hydrogen-bond donors (Lipinski definition) is 0. The number of likely N-dealkylation sites (tertiary alicyclic amines) is 1. The molecule has 0 spiro atoms. The number of rotatable bonds is 6. The third kappa shape index (κ3) is 3.25. The van der Waals surface area contributed by atoms with Crippen molar-refractivity contribution >= 4 is 0 Å². The van der Waals surface area contributed by atoms with Gasteiger partial charge in [0.15, 0.2) is 0 Å². The molecule has 1 saturated carbocycles. The predicted molar refractivity (Wildman–Crippen MR) is 88.6 cm³/mol. The first kappa shape index (κ1) is 14.0. The quantitative estimate of drug-likeness (QED) is 0.810. The molecule has 3 nitrogen and oxygen atoms in total. The Bertz CT molecular complexity index is 600. The van der Waals surface area contributed by atoms with Crippen LogP contribution in [-0.4, -0.2) is 27.5 Å². The molecule has 1 aliphatic heterocycles. The average molecular weight is 295 g/mol.